The summed E-state index contributed by atoms with van der Waals surface area (Å²) in [5.74, 6) is 0.325. The van der Waals surface area contributed by atoms with E-state index in [1.54, 1.807) is 0 Å². The first-order valence-corrected chi connectivity index (χ1v) is 9.97. The minimum Gasteiger partial charge on any atom is -0.489 e. The number of carbonyl (C=O) groups excluding carboxylic acids is 1. The molecule has 4 rings (SSSR count). The van der Waals surface area contributed by atoms with E-state index in [-0.39, 0.29) is 11.8 Å². The van der Waals surface area contributed by atoms with Crippen LogP contribution >= 0.6 is 0 Å². The Balaban J connectivity index is 1.46. The molecule has 0 saturated heterocycles. The lowest BCUT2D eigenvalue weighted by molar-refractivity contribution is -0.116. The highest BCUT2D eigenvalue weighted by Crippen LogP contribution is 2.27. The molecule has 0 aliphatic rings. The molecule has 0 atom stereocenters. The third kappa shape index (κ3) is 4.95. The van der Waals surface area contributed by atoms with Crippen LogP contribution in [0.25, 0.3) is 0 Å². The van der Waals surface area contributed by atoms with Crippen LogP contribution in [0, 0.1) is 0 Å². The molecule has 3 heteroatoms. The van der Waals surface area contributed by atoms with Gasteiger partial charge in [0.1, 0.15) is 12.4 Å². The van der Waals surface area contributed by atoms with Crippen molar-refractivity contribution in [1.82, 2.24) is 0 Å². The molecule has 1 amide bonds. The predicted molar refractivity (Wildman–Crippen MR) is 121 cm³/mol. The zero-order chi connectivity index (χ0) is 20.6. The number of nitrogens with one attached hydrogen (secondary N) is 1. The van der Waals surface area contributed by atoms with Crippen LogP contribution in [0.15, 0.2) is 115 Å². The molecule has 3 nitrogen and oxygen atoms in total. The number of hydrogen-bond donors (Lipinski definition) is 1. The number of benzene rings is 4. The summed E-state index contributed by atoms with van der Waals surface area (Å²) >= 11 is 0. The van der Waals surface area contributed by atoms with Crippen molar-refractivity contribution in [2.24, 2.45) is 0 Å². The number of anilines is 1. The lowest BCUT2D eigenvalue weighted by Crippen LogP contribution is -2.22. The van der Waals surface area contributed by atoms with E-state index in [2.05, 4.69) is 5.32 Å². The molecule has 0 bridgehead atoms. The number of hydrogen-bond acceptors (Lipinski definition) is 2. The molecule has 0 unspecified atom stereocenters. The van der Waals surface area contributed by atoms with E-state index in [1.165, 1.54) is 0 Å². The van der Waals surface area contributed by atoms with E-state index in [4.69, 9.17) is 4.74 Å². The minimum absolute atomic E-state index is 0.0645. The monoisotopic (exact) mass is 393 g/mol. The summed E-state index contributed by atoms with van der Waals surface area (Å²) in [6.45, 7) is 0.511. The predicted octanol–water partition coefficient (Wildman–Crippen LogP) is 6.04. The van der Waals surface area contributed by atoms with Crippen molar-refractivity contribution in [3.05, 3.63) is 132 Å². The summed E-state index contributed by atoms with van der Waals surface area (Å²) in [6, 6.07) is 37.2. The summed E-state index contributed by atoms with van der Waals surface area (Å²) in [7, 11) is 0. The van der Waals surface area contributed by atoms with Crippen molar-refractivity contribution in [3.63, 3.8) is 0 Å². The summed E-state index contributed by atoms with van der Waals surface area (Å²) < 4.78 is 5.83. The van der Waals surface area contributed by atoms with Crippen LogP contribution in [0.5, 0.6) is 5.75 Å². The van der Waals surface area contributed by atoms with Crippen molar-refractivity contribution in [2.75, 3.05) is 5.32 Å². The van der Waals surface area contributed by atoms with Gasteiger partial charge in [-0.3, -0.25) is 4.79 Å². The average molecular weight is 393 g/mol. The van der Waals surface area contributed by atoms with Crippen molar-refractivity contribution in [2.45, 2.75) is 12.5 Å². The van der Waals surface area contributed by atoms with Crippen molar-refractivity contribution in [3.8, 4) is 5.75 Å². The highest BCUT2D eigenvalue weighted by Gasteiger charge is 2.22. The number of rotatable bonds is 7. The lowest BCUT2D eigenvalue weighted by Gasteiger charge is -2.18. The van der Waals surface area contributed by atoms with Crippen LogP contribution in [-0.2, 0) is 11.4 Å². The van der Waals surface area contributed by atoms with Gasteiger partial charge >= 0.3 is 0 Å². The second kappa shape index (κ2) is 9.57. The molecule has 1 N–H and O–H groups in total. The highest BCUT2D eigenvalue weighted by molar-refractivity contribution is 5.98. The Bertz CT molecular complexity index is 1020. The van der Waals surface area contributed by atoms with E-state index in [0.717, 1.165) is 28.1 Å². The summed E-state index contributed by atoms with van der Waals surface area (Å²) in [6.07, 6.45) is 0. The second-order valence-electron chi connectivity index (χ2n) is 7.04. The Morgan fingerprint density at radius 2 is 1.17 bits per heavy atom. The van der Waals surface area contributed by atoms with Gasteiger partial charge in [-0.15, -0.1) is 0 Å². The maximum Gasteiger partial charge on any atom is 0.236 e. The largest absolute Gasteiger partial charge is 0.489 e. The fourth-order valence-electron chi connectivity index (χ4n) is 3.38. The SMILES string of the molecule is O=C(Nc1ccc(OCc2ccccc2)cc1)C(c1ccccc1)c1ccccc1. The molecule has 0 aliphatic carbocycles. The van der Waals surface area contributed by atoms with E-state index in [9.17, 15) is 4.79 Å². The molecule has 4 aromatic rings. The molecule has 0 heterocycles. The smallest absolute Gasteiger partial charge is 0.236 e. The molecule has 0 aliphatic heterocycles. The molecule has 4 aromatic carbocycles. The molecular formula is C27H23NO2. The van der Waals surface area contributed by atoms with Crippen LogP contribution in [0.4, 0.5) is 5.69 Å². The minimum atomic E-state index is -0.374. The Hall–Kier alpha value is -3.85. The zero-order valence-electron chi connectivity index (χ0n) is 16.6. The van der Waals surface area contributed by atoms with Crippen LogP contribution in [0.1, 0.15) is 22.6 Å². The third-order valence-corrected chi connectivity index (χ3v) is 4.90. The van der Waals surface area contributed by atoms with Gasteiger partial charge in [-0.1, -0.05) is 91.0 Å². The van der Waals surface area contributed by atoms with E-state index < -0.39 is 0 Å². The highest BCUT2D eigenvalue weighted by atomic mass is 16.5. The quantitative estimate of drug-likeness (QED) is 0.416. The topological polar surface area (TPSA) is 38.3 Å². The first-order valence-electron chi connectivity index (χ1n) is 9.97. The van der Waals surface area contributed by atoms with Crippen LogP contribution in [0.2, 0.25) is 0 Å². The normalized spacial score (nSPS) is 10.6. The van der Waals surface area contributed by atoms with Crippen molar-refractivity contribution >= 4 is 11.6 Å². The standard InChI is InChI=1S/C27H23NO2/c29-27(26(22-12-6-2-7-13-22)23-14-8-3-9-15-23)28-24-16-18-25(19-17-24)30-20-21-10-4-1-5-11-21/h1-19,26H,20H2,(H,28,29). The Kier molecular flexibility index (Phi) is 6.21. The molecule has 0 aromatic heterocycles. The number of amides is 1. The van der Waals surface area contributed by atoms with Gasteiger partial charge in [0.05, 0.1) is 5.92 Å². The average Bonchev–Trinajstić information content (AvgIpc) is 2.81. The van der Waals surface area contributed by atoms with Crippen molar-refractivity contribution < 1.29 is 9.53 Å². The van der Waals surface area contributed by atoms with Gasteiger partial charge in [-0.25, -0.2) is 0 Å². The fraction of sp³-hybridized carbons (Fsp3) is 0.0741. The van der Waals surface area contributed by atoms with E-state index in [0.29, 0.717) is 6.61 Å². The number of ether oxygens (including phenoxy) is 1. The second-order valence-corrected chi connectivity index (χ2v) is 7.04. The molecule has 148 valence electrons. The fourth-order valence-corrected chi connectivity index (χ4v) is 3.38. The van der Waals surface area contributed by atoms with Gasteiger partial charge in [-0.05, 0) is 41.0 Å². The summed E-state index contributed by atoms with van der Waals surface area (Å²) in [5.41, 5.74) is 3.78. The van der Waals surface area contributed by atoms with Crippen LogP contribution in [-0.4, -0.2) is 5.91 Å². The van der Waals surface area contributed by atoms with Gasteiger partial charge in [0, 0.05) is 5.69 Å². The molecule has 0 radical (unpaired) electrons. The number of carbonyl (C=O) groups is 1. The molecule has 30 heavy (non-hydrogen) atoms. The first-order chi connectivity index (χ1) is 14.8. The zero-order valence-corrected chi connectivity index (χ0v) is 16.6. The third-order valence-electron chi connectivity index (χ3n) is 4.90. The van der Waals surface area contributed by atoms with E-state index >= 15 is 0 Å². The molecule has 0 spiro atoms. The van der Waals surface area contributed by atoms with Gasteiger partial charge < -0.3 is 10.1 Å². The Morgan fingerprint density at radius 1 is 0.667 bits per heavy atom. The Labute approximate surface area is 177 Å². The van der Waals surface area contributed by atoms with Crippen LogP contribution in [0.3, 0.4) is 0 Å². The molecule has 0 saturated carbocycles. The van der Waals surface area contributed by atoms with Gasteiger partial charge in [0.15, 0.2) is 0 Å². The summed E-state index contributed by atoms with van der Waals surface area (Å²) in [5, 5.41) is 3.05. The van der Waals surface area contributed by atoms with Crippen molar-refractivity contribution in [1.29, 1.82) is 0 Å². The van der Waals surface area contributed by atoms with Crippen LogP contribution < -0.4 is 10.1 Å². The lowest BCUT2D eigenvalue weighted by atomic mass is 9.90. The summed E-state index contributed by atoms with van der Waals surface area (Å²) in [4.78, 5) is 13.2. The molecule has 0 fully saturated rings. The Morgan fingerprint density at radius 3 is 1.70 bits per heavy atom. The first kappa shape index (κ1) is 19.5. The maximum atomic E-state index is 13.2. The van der Waals surface area contributed by atoms with Gasteiger partial charge in [0.2, 0.25) is 5.91 Å². The maximum absolute atomic E-state index is 13.2. The molecular weight excluding hydrogens is 370 g/mol. The van der Waals surface area contributed by atoms with Gasteiger partial charge in [-0.2, -0.15) is 0 Å². The van der Waals surface area contributed by atoms with Gasteiger partial charge in [0.25, 0.3) is 0 Å². The van der Waals surface area contributed by atoms with E-state index in [1.807, 2.05) is 115 Å².